The number of hydrogen-bond donors (Lipinski definition) is 2. The predicted octanol–water partition coefficient (Wildman–Crippen LogP) is 1.40. The number of H-pyrrole nitrogens is 1. The summed E-state index contributed by atoms with van der Waals surface area (Å²) in [4.78, 5) is 11.5. The van der Waals surface area contributed by atoms with Crippen LogP contribution in [-0.4, -0.2) is 32.3 Å². The summed E-state index contributed by atoms with van der Waals surface area (Å²) >= 11 is 7.33. The van der Waals surface area contributed by atoms with Gasteiger partial charge in [-0.25, -0.2) is 0 Å². The van der Waals surface area contributed by atoms with E-state index in [0.29, 0.717) is 16.6 Å². The molecule has 19 heavy (non-hydrogen) atoms. The van der Waals surface area contributed by atoms with Crippen molar-refractivity contribution in [1.29, 1.82) is 0 Å². The summed E-state index contributed by atoms with van der Waals surface area (Å²) in [5, 5.41) is 16.6. The molecule has 2 aromatic rings. The molecule has 2 N–H and O–H groups in total. The zero-order valence-corrected chi connectivity index (χ0v) is 11.5. The van der Waals surface area contributed by atoms with Crippen LogP contribution in [0.25, 0.3) is 0 Å². The molecule has 0 fully saturated rings. The van der Waals surface area contributed by atoms with Crippen molar-refractivity contribution in [2.45, 2.75) is 12.3 Å². The third-order valence-electron chi connectivity index (χ3n) is 2.25. The number of tetrazole rings is 1. The number of carbonyl (C=O) groups is 1. The van der Waals surface area contributed by atoms with Crippen LogP contribution in [0.15, 0.2) is 24.3 Å². The number of aromatic nitrogens is 4. The number of benzene rings is 1. The van der Waals surface area contributed by atoms with Crippen LogP contribution >= 0.6 is 23.4 Å². The second-order valence-electron chi connectivity index (χ2n) is 3.72. The quantitative estimate of drug-likeness (QED) is 0.842. The Labute approximate surface area is 119 Å². The Morgan fingerprint density at radius 3 is 2.84 bits per heavy atom. The lowest BCUT2D eigenvalue weighted by molar-refractivity contribution is -0.118. The van der Waals surface area contributed by atoms with Gasteiger partial charge in [0.2, 0.25) is 5.91 Å². The number of halogens is 1. The first-order valence-corrected chi connectivity index (χ1v) is 7.08. The highest BCUT2D eigenvalue weighted by molar-refractivity contribution is 7.99. The van der Waals surface area contributed by atoms with Gasteiger partial charge in [0.05, 0.1) is 12.3 Å². The Kier molecular flexibility index (Phi) is 5.17. The van der Waals surface area contributed by atoms with E-state index >= 15 is 0 Å². The van der Waals surface area contributed by atoms with Gasteiger partial charge in [-0.2, -0.15) is 5.21 Å². The minimum absolute atomic E-state index is 0.0521. The lowest BCUT2D eigenvalue weighted by Gasteiger charge is -2.03. The van der Waals surface area contributed by atoms with Crippen LogP contribution in [0.3, 0.4) is 0 Å². The molecule has 2 rings (SSSR count). The molecule has 1 heterocycles. The second-order valence-corrected chi connectivity index (χ2v) is 5.15. The van der Waals surface area contributed by atoms with Gasteiger partial charge in [0.1, 0.15) is 0 Å². The fraction of sp³-hybridized carbons (Fsp3) is 0.273. The molecule has 0 aliphatic carbocycles. The molecule has 0 bridgehead atoms. The Balaban J connectivity index is 1.65. The maximum absolute atomic E-state index is 11.5. The molecule has 0 saturated heterocycles. The van der Waals surface area contributed by atoms with Gasteiger partial charge in [-0.3, -0.25) is 4.79 Å². The van der Waals surface area contributed by atoms with E-state index in [1.54, 1.807) is 0 Å². The highest BCUT2D eigenvalue weighted by Crippen LogP contribution is 2.15. The molecule has 1 aromatic heterocycles. The highest BCUT2D eigenvalue weighted by Gasteiger charge is 2.04. The SMILES string of the molecule is O=C(CSCc1ccc(Cl)cc1)NCc1nn[nH]n1. The van der Waals surface area contributed by atoms with E-state index in [4.69, 9.17) is 11.6 Å². The maximum atomic E-state index is 11.5. The Morgan fingerprint density at radius 2 is 2.16 bits per heavy atom. The zero-order chi connectivity index (χ0) is 13.5. The van der Waals surface area contributed by atoms with Crippen LogP contribution in [0, 0.1) is 0 Å². The molecule has 0 aliphatic rings. The largest absolute Gasteiger partial charge is 0.348 e. The highest BCUT2D eigenvalue weighted by atomic mass is 35.5. The average molecular weight is 298 g/mol. The normalized spacial score (nSPS) is 10.4. The van der Waals surface area contributed by atoms with Crippen LogP contribution in [0.4, 0.5) is 0 Å². The predicted molar refractivity (Wildman–Crippen MR) is 73.6 cm³/mol. The Bertz CT molecular complexity index is 516. The topological polar surface area (TPSA) is 83.6 Å². The van der Waals surface area contributed by atoms with E-state index in [1.165, 1.54) is 11.8 Å². The summed E-state index contributed by atoms with van der Waals surface area (Å²) in [5.74, 6) is 1.58. The molecule has 6 nitrogen and oxygen atoms in total. The number of aromatic amines is 1. The van der Waals surface area contributed by atoms with Crippen molar-refractivity contribution in [3.05, 3.63) is 40.7 Å². The summed E-state index contributed by atoms with van der Waals surface area (Å²) in [6, 6.07) is 7.58. The van der Waals surface area contributed by atoms with Gasteiger partial charge >= 0.3 is 0 Å². The number of nitrogens with zero attached hydrogens (tertiary/aromatic N) is 3. The average Bonchev–Trinajstić information content (AvgIpc) is 2.92. The van der Waals surface area contributed by atoms with Crippen molar-refractivity contribution in [3.63, 3.8) is 0 Å². The number of thioether (sulfide) groups is 1. The fourth-order valence-corrected chi connectivity index (χ4v) is 2.27. The van der Waals surface area contributed by atoms with Gasteiger partial charge < -0.3 is 5.32 Å². The van der Waals surface area contributed by atoms with Crippen LogP contribution in [-0.2, 0) is 17.1 Å². The summed E-state index contributed by atoms with van der Waals surface area (Å²) in [6.07, 6.45) is 0. The molecule has 8 heteroatoms. The van der Waals surface area contributed by atoms with E-state index in [0.717, 1.165) is 11.3 Å². The lowest BCUT2D eigenvalue weighted by Crippen LogP contribution is -2.25. The number of amides is 1. The number of rotatable bonds is 6. The third-order valence-corrected chi connectivity index (χ3v) is 3.50. The van der Waals surface area contributed by atoms with Crippen LogP contribution in [0.1, 0.15) is 11.4 Å². The lowest BCUT2D eigenvalue weighted by atomic mass is 10.2. The van der Waals surface area contributed by atoms with Crippen LogP contribution in [0.2, 0.25) is 5.02 Å². The second kappa shape index (κ2) is 7.10. The van der Waals surface area contributed by atoms with Crippen molar-refractivity contribution in [2.24, 2.45) is 0 Å². The molecule has 0 saturated carbocycles. The molecule has 0 atom stereocenters. The van der Waals surface area contributed by atoms with Crippen molar-refractivity contribution in [3.8, 4) is 0 Å². The first-order valence-electron chi connectivity index (χ1n) is 5.55. The van der Waals surface area contributed by atoms with E-state index < -0.39 is 0 Å². The maximum Gasteiger partial charge on any atom is 0.230 e. The van der Waals surface area contributed by atoms with Crippen molar-refractivity contribution in [1.82, 2.24) is 25.9 Å². The van der Waals surface area contributed by atoms with Gasteiger partial charge in [-0.05, 0) is 17.7 Å². The Hall–Kier alpha value is -1.60. The van der Waals surface area contributed by atoms with Crippen LogP contribution in [0.5, 0.6) is 0 Å². The van der Waals surface area contributed by atoms with Gasteiger partial charge in [0.15, 0.2) is 5.82 Å². The molecule has 1 aromatic carbocycles. The zero-order valence-electron chi connectivity index (χ0n) is 9.97. The summed E-state index contributed by atoms with van der Waals surface area (Å²) in [5.41, 5.74) is 1.14. The molecule has 0 radical (unpaired) electrons. The minimum Gasteiger partial charge on any atom is -0.348 e. The van der Waals surface area contributed by atoms with E-state index in [9.17, 15) is 4.79 Å². The summed E-state index contributed by atoms with van der Waals surface area (Å²) in [6.45, 7) is 0.289. The van der Waals surface area contributed by atoms with E-state index in [1.807, 2.05) is 24.3 Å². The summed E-state index contributed by atoms with van der Waals surface area (Å²) < 4.78 is 0. The standard InChI is InChI=1S/C11H12ClN5OS/c12-9-3-1-8(2-4-9)6-19-7-11(18)13-5-10-14-16-17-15-10/h1-4H,5-7H2,(H,13,18)(H,14,15,16,17). The smallest absolute Gasteiger partial charge is 0.230 e. The number of carbonyl (C=O) groups excluding carboxylic acids is 1. The van der Waals surface area contributed by atoms with Gasteiger partial charge in [-0.15, -0.1) is 22.0 Å². The molecule has 0 spiro atoms. The van der Waals surface area contributed by atoms with Gasteiger partial charge in [-0.1, -0.05) is 28.9 Å². The molecule has 0 unspecified atom stereocenters. The van der Waals surface area contributed by atoms with E-state index in [2.05, 4.69) is 25.9 Å². The fourth-order valence-electron chi connectivity index (χ4n) is 1.33. The van der Waals surface area contributed by atoms with Gasteiger partial charge in [0.25, 0.3) is 0 Å². The number of nitrogens with one attached hydrogen (secondary N) is 2. The Morgan fingerprint density at radius 1 is 1.37 bits per heavy atom. The molecule has 1 amide bonds. The summed E-state index contributed by atoms with van der Waals surface area (Å²) in [7, 11) is 0. The first kappa shape index (κ1) is 13.8. The third kappa shape index (κ3) is 4.88. The minimum atomic E-state index is -0.0521. The van der Waals surface area contributed by atoms with Crippen molar-refractivity contribution >= 4 is 29.3 Å². The van der Waals surface area contributed by atoms with E-state index in [-0.39, 0.29) is 12.5 Å². The van der Waals surface area contributed by atoms with Crippen LogP contribution < -0.4 is 5.32 Å². The van der Waals surface area contributed by atoms with Gasteiger partial charge in [0, 0.05) is 10.8 Å². The monoisotopic (exact) mass is 297 g/mol. The number of hydrogen-bond acceptors (Lipinski definition) is 5. The first-order chi connectivity index (χ1) is 9.24. The molecular formula is C11H12ClN5OS. The molecule has 0 aliphatic heterocycles. The molecular weight excluding hydrogens is 286 g/mol. The van der Waals surface area contributed by atoms with Crippen molar-refractivity contribution in [2.75, 3.05) is 5.75 Å². The molecule has 100 valence electrons. The van der Waals surface area contributed by atoms with Crippen molar-refractivity contribution < 1.29 is 4.79 Å².